The number of hydrogen-bond donors (Lipinski definition) is 2. The number of nitrogens with two attached hydrogens (primary N) is 1. The van der Waals surface area contributed by atoms with E-state index in [1.54, 1.807) is 0 Å². The lowest BCUT2D eigenvalue weighted by molar-refractivity contribution is -0.142. The van der Waals surface area contributed by atoms with Crippen molar-refractivity contribution < 1.29 is 14.5 Å². The van der Waals surface area contributed by atoms with Gasteiger partial charge in [0, 0.05) is 16.8 Å². The average molecular weight is 317 g/mol. The smallest absolute Gasteiger partial charge is 0.323 e. The maximum absolute atomic E-state index is 13.6. The Kier molecular flexibility index (Phi) is 4.84. The van der Waals surface area contributed by atoms with E-state index in [0.29, 0.717) is 0 Å². The van der Waals surface area contributed by atoms with Gasteiger partial charge in [-0.25, -0.2) is 0 Å². The Bertz CT molecular complexity index is 640. The standard InChI is InChI=1S/C17H20NO3P/c1-17(18,16(19)20)12-13-22(21,14-8-4-2-5-9-14)15-10-6-3-7-11-15/h2-11H,12-13,18H2,1H3,(H,19,20)/t17-/m1/s1. The molecule has 0 bridgehead atoms. The zero-order chi connectivity index (χ0) is 16.2. The zero-order valence-corrected chi connectivity index (χ0v) is 13.4. The van der Waals surface area contributed by atoms with Gasteiger partial charge in [-0.15, -0.1) is 0 Å². The van der Waals surface area contributed by atoms with E-state index in [4.69, 9.17) is 10.8 Å². The quantitative estimate of drug-likeness (QED) is 0.800. The number of hydrogen-bond acceptors (Lipinski definition) is 3. The highest BCUT2D eigenvalue weighted by molar-refractivity contribution is 7.78. The summed E-state index contributed by atoms with van der Waals surface area (Å²) < 4.78 is 13.6. The van der Waals surface area contributed by atoms with Gasteiger partial charge in [0.1, 0.15) is 12.7 Å². The molecule has 0 unspecified atom stereocenters. The third-order valence-electron chi connectivity index (χ3n) is 3.78. The van der Waals surface area contributed by atoms with Crippen LogP contribution in [0.3, 0.4) is 0 Å². The van der Waals surface area contributed by atoms with Gasteiger partial charge in [-0.1, -0.05) is 60.7 Å². The van der Waals surface area contributed by atoms with Crippen LogP contribution in [0, 0.1) is 0 Å². The maximum Gasteiger partial charge on any atom is 0.323 e. The molecule has 0 saturated carbocycles. The second-order valence-electron chi connectivity index (χ2n) is 5.61. The molecule has 1 atom stereocenters. The molecular formula is C17H20NO3P. The van der Waals surface area contributed by atoms with E-state index in [-0.39, 0.29) is 12.6 Å². The highest BCUT2D eigenvalue weighted by atomic mass is 31.2. The first kappa shape index (κ1) is 16.5. The van der Waals surface area contributed by atoms with Gasteiger partial charge >= 0.3 is 5.97 Å². The summed E-state index contributed by atoms with van der Waals surface area (Å²) in [5.74, 6) is -1.08. The summed E-state index contributed by atoms with van der Waals surface area (Å²) in [5, 5.41) is 10.6. The highest BCUT2D eigenvalue weighted by Crippen LogP contribution is 2.44. The molecular weight excluding hydrogens is 297 g/mol. The van der Waals surface area contributed by atoms with Gasteiger partial charge in [0.15, 0.2) is 0 Å². The normalized spacial score (nSPS) is 14.3. The van der Waals surface area contributed by atoms with Gasteiger partial charge in [0.25, 0.3) is 0 Å². The molecule has 0 aromatic heterocycles. The summed E-state index contributed by atoms with van der Waals surface area (Å²) in [7, 11) is -2.90. The van der Waals surface area contributed by atoms with Crippen LogP contribution in [0.25, 0.3) is 0 Å². The van der Waals surface area contributed by atoms with Crippen molar-refractivity contribution in [3.05, 3.63) is 60.7 Å². The van der Waals surface area contributed by atoms with Crippen molar-refractivity contribution in [3.8, 4) is 0 Å². The van der Waals surface area contributed by atoms with Crippen molar-refractivity contribution in [2.45, 2.75) is 18.9 Å². The average Bonchev–Trinajstić information content (AvgIpc) is 2.54. The number of benzene rings is 2. The zero-order valence-electron chi connectivity index (χ0n) is 12.5. The maximum atomic E-state index is 13.6. The summed E-state index contributed by atoms with van der Waals surface area (Å²) >= 11 is 0. The summed E-state index contributed by atoms with van der Waals surface area (Å²) in [6, 6.07) is 18.4. The molecule has 0 aliphatic carbocycles. The molecule has 0 radical (unpaired) electrons. The molecule has 0 heterocycles. The number of carboxylic acid groups (broad SMARTS) is 1. The van der Waals surface area contributed by atoms with E-state index < -0.39 is 18.7 Å². The topological polar surface area (TPSA) is 80.4 Å². The van der Waals surface area contributed by atoms with Crippen LogP contribution in [0.5, 0.6) is 0 Å². The second kappa shape index (κ2) is 6.47. The van der Waals surface area contributed by atoms with Crippen molar-refractivity contribution in [2.24, 2.45) is 5.73 Å². The molecule has 2 aromatic carbocycles. The van der Waals surface area contributed by atoms with Crippen molar-refractivity contribution in [3.63, 3.8) is 0 Å². The fraction of sp³-hybridized carbons (Fsp3) is 0.235. The predicted octanol–water partition coefficient (Wildman–Crippen LogP) is 2.19. The van der Waals surface area contributed by atoms with Gasteiger partial charge in [-0.3, -0.25) is 4.79 Å². The Hall–Kier alpha value is -1.90. The minimum absolute atomic E-state index is 0.142. The Morgan fingerprint density at radius 3 is 1.82 bits per heavy atom. The molecule has 3 N–H and O–H groups in total. The van der Waals surface area contributed by atoms with E-state index in [1.807, 2.05) is 60.7 Å². The predicted molar refractivity (Wildman–Crippen MR) is 89.5 cm³/mol. The molecule has 0 saturated heterocycles. The first-order valence-electron chi connectivity index (χ1n) is 7.09. The Labute approximate surface area is 130 Å². The SMILES string of the molecule is C[C@@](N)(CCP(=O)(c1ccccc1)c1ccccc1)C(=O)O. The van der Waals surface area contributed by atoms with Crippen LogP contribution in [0.4, 0.5) is 0 Å². The lowest BCUT2D eigenvalue weighted by atomic mass is 10.0. The van der Waals surface area contributed by atoms with Crippen LogP contribution < -0.4 is 16.3 Å². The molecule has 4 nitrogen and oxygen atoms in total. The van der Waals surface area contributed by atoms with Crippen molar-refractivity contribution in [2.75, 3.05) is 6.16 Å². The summed E-state index contributed by atoms with van der Waals surface area (Å²) in [6.07, 6.45) is 0.365. The largest absolute Gasteiger partial charge is 0.480 e. The molecule has 2 aromatic rings. The van der Waals surface area contributed by atoms with Crippen LogP contribution in [0.15, 0.2) is 60.7 Å². The minimum Gasteiger partial charge on any atom is -0.480 e. The van der Waals surface area contributed by atoms with Crippen molar-refractivity contribution in [1.29, 1.82) is 0 Å². The number of rotatable bonds is 6. The Balaban J connectivity index is 2.40. The van der Waals surface area contributed by atoms with Gasteiger partial charge in [-0.2, -0.15) is 0 Å². The molecule has 0 aliphatic rings. The van der Waals surface area contributed by atoms with E-state index in [9.17, 15) is 9.36 Å². The fourth-order valence-electron chi connectivity index (χ4n) is 2.24. The van der Waals surface area contributed by atoms with E-state index >= 15 is 0 Å². The molecule has 0 aliphatic heterocycles. The third kappa shape index (κ3) is 3.46. The molecule has 0 amide bonds. The number of aliphatic carboxylic acids is 1. The molecule has 5 heteroatoms. The van der Waals surface area contributed by atoms with Crippen LogP contribution in [-0.2, 0) is 9.36 Å². The molecule has 2 rings (SSSR count). The first-order valence-corrected chi connectivity index (χ1v) is 8.98. The second-order valence-corrected chi connectivity index (χ2v) is 8.57. The van der Waals surface area contributed by atoms with Crippen molar-refractivity contribution >= 4 is 23.7 Å². The molecule has 116 valence electrons. The van der Waals surface area contributed by atoms with Crippen LogP contribution >= 0.6 is 7.14 Å². The van der Waals surface area contributed by atoms with E-state index in [1.165, 1.54) is 6.92 Å². The van der Waals surface area contributed by atoms with Crippen LogP contribution in [0.2, 0.25) is 0 Å². The lowest BCUT2D eigenvalue weighted by Crippen LogP contribution is -2.45. The summed E-state index contributed by atoms with van der Waals surface area (Å²) in [4.78, 5) is 11.2. The Morgan fingerprint density at radius 2 is 1.45 bits per heavy atom. The van der Waals surface area contributed by atoms with Gasteiger partial charge in [0.05, 0.1) is 0 Å². The lowest BCUT2D eigenvalue weighted by Gasteiger charge is -2.24. The van der Waals surface area contributed by atoms with E-state index in [0.717, 1.165) is 10.6 Å². The van der Waals surface area contributed by atoms with Crippen LogP contribution in [0.1, 0.15) is 13.3 Å². The molecule has 0 spiro atoms. The number of carbonyl (C=O) groups is 1. The van der Waals surface area contributed by atoms with Gasteiger partial charge in [-0.05, 0) is 13.3 Å². The first-order chi connectivity index (χ1) is 10.4. The highest BCUT2D eigenvalue weighted by Gasteiger charge is 2.34. The number of carboxylic acids is 1. The van der Waals surface area contributed by atoms with Gasteiger partial charge in [0.2, 0.25) is 0 Å². The van der Waals surface area contributed by atoms with Crippen LogP contribution in [-0.4, -0.2) is 22.8 Å². The van der Waals surface area contributed by atoms with Crippen molar-refractivity contribution in [1.82, 2.24) is 0 Å². The molecule has 22 heavy (non-hydrogen) atoms. The molecule has 0 fully saturated rings. The Morgan fingerprint density at radius 1 is 1.05 bits per heavy atom. The minimum atomic E-state index is -2.90. The van der Waals surface area contributed by atoms with Gasteiger partial charge < -0.3 is 15.4 Å². The summed E-state index contributed by atoms with van der Waals surface area (Å²) in [6.45, 7) is 1.45. The fourth-order valence-corrected chi connectivity index (χ4v) is 5.14. The summed E-state index contributed by atoms with van der Waals surface area (Å²) in [5.41, 5.74) is 4.41. The van der Waals surface area contributed by atoms with E-state index in [2.05, 4.69) is 0 Å². The monoisotopic (exact) mass is 317 g/mol. The third-order valence-corrected chi connectivity index (χ3v) is 6.90.